The minimum Gasteiger partial charge on any atom is -0.299 e. The number of pyridine rings is 2. The second kappa shape index (κ2) is 12.7. The molecule has 12 aliphatic heterocycles. The molecule has 0 aliphatic carbocycles. The van der Waals surface area contributed by atoms with Crippen molar-refractivity contribution in [3.05, 3.63) is 59.2 Å². The largest absolute Gasteiger partial charge is 0.299 e. The van der Waals surface area contributed by atoms with E-state index in [1.165, 1.54) is 198 Å². The third-order valence-electron chi connectivity index (χ3n) is 19.0. The predicted molar refractivity (Wildman–Crippen MR) is 219 cm³/mol. The van der Waals surface area contributed by atoms with Crippen LogP contribution in [-0.4, -0.2) is 261 Å². The molecule has 12 aliphatic rings. The van der Waals surface area contributed by atoms with E-state index in [-0.39, 0.29) is 0 Å². The average Bonchev–Trinajstić information content (AvgIpc) is 4.09. The number of hydrogen-bond donors (Lipinski definition) is 0. The topological polar surface area (TPSA) is 51.7 Å². The summed E-state index contributed by atoms with van der Waals surface area (Å²) >= 11 is 0. The van der Waals surface area contributed by atoms with Gasteiger partial charge in [0, 0.05) is 65.4 Å². The molecule has 0 radical (unpaired) electrons. The van der Waals surface area contributed by atoms with Crippen LogP contribution in [0.1, 0.15) is 22.8 Å². The summed E-state index contributed by atoms with van der Waals surface area (Å²) in [6, 6.07) is 14.2. The minimum atomic E-state index is 0.558. The lowest BCUT2D eigenvalue weighted by Crippen LogP contribution is -2.77. The summed E-state index contributed by atoms with van der Waals surface area (Å²) in [7, 11) is 0. The lowest BCUT2D eigenvalue weighted by Gasteiger charge is -2.56. The molecule has 2 aromatic rings. The van der Waals surface area contributed by atoms with Crippen LogP contribution in [0.2, 0.25) is 0 Å². The molecule has 12 fully saturated rings. The number of nitrogens with zero attached hydrogens (tertiary/aromatic N) is 14. The highest BCUT2D eigenvalue weighted by Gasteiger charge is 2.68. The summed E-state index contributed by atoms with van der Waals surface area (Å²) in [6.45, 7) is 34.6. The van der Waals surface area contributed by atoms with Gasteiger partial charge in [-0.15, -0.1) is 0 Å². The molecule has 0 aromatic carbocycles. The first-order chi connectivity index (χ1) is 28.5. The Labute approximate surface area is 345 Å². The molecule has 14 heterocycles. The fourth-order valence-electron chi connectivity index (χ4n) is 16.4. The highest BCUT2D eigenvalue weighted by Crippen LogP contribution is 2.46. The van der Waals surface area contributed by atoms with Gasteiger partial charge >= 0.3 is 0 Å². The molecule has 12 saturated heterocycles. The molecule has 0 amide bonds. The van der Waals surface area contributed by atoms with E-state index in [1.54, 1.807) is 0 Å². The van der Waals surface area contributed by atoms with Gasteiger partial charge in [0.2, 0.25) is 12.3 Å². The van der Waals surface area contributed by atoms with Crippen LogP contribution in [0.5, 0.6) is 0 Å². The molecule has 0 N–H and O–H groups in total. The molecule has 0 saturated carbocycles. The zero-order valence-electron chi connectivity index (χ0n) is 35.0. The Bertz CT molecular complexity index is 1820. The zero-order valence-corrected chi connectivity index (χ0v) is 35.0. The lowest BCUT2D eigenvalue weighted by molar-refractivity contribution is -1.04. The van der Waals surface area contributed by atoms with E-state index in [2.05, 4.69) is 75.6 Å². The number of quaternary nitrogens is 4. The van der Waals surface area contributed by atoms with Crippen molar-refractivity contribution in [1.82, 2.24) is 49.2 Å². The van der Waals surface area contributed by atoms with Crippen molar-refractivity contribution in [2.24, 2.45) is 0 Å². The Morgan fingerprint density at radius 2 is 0.569 bits per heavy atom. The average molecular weight is 793 g/mol. The predicted octanol–water partition coefficient (Wildman–Crippen LogP) is -1.02. The second-order valence-electron chi connectivity index (χ2n) is 21.3. The van der Waals surface area contributed by atoms with E-state index in [1.807, 2.05) is 0 Å². The molecule has 14 nitrogen and oxygen atoms in total. The van der Waals surface area contributed by atoms with Crippen LogP contribution in [0.3, 0.4) is 0 Å². The van der Waals surface area contributed by atoms with Gasteiger partial charge < -0.3 is 0 Å². The lowest BCUT2D eigenvalue weighted by atomic mass is 10.0. The number of hydrogen-bond acceptors (Lipinski definition) is 10. The van der Waals surface area contributed by atoms with Crippen LogP contribution < -0.4 is 0 Å². The first-order valence-corrected chi connectivity index (χ1v) is 23.7. The summed E-state index contributed by atoms with van der Waals surface area (Å²) in [5.41, 5.74) is 5.37. The van der Waals surface area contributed by atoms with Gasteiger partial charge in [0.25, 0.3) is 0 Å². The first kappa shape index (κ1) is 35.4. The van der Waals surface area contributed by atoms with E-state index in [4.69, 9.17) is 9.97 Å². The second-order valence-corrected chi connectivity index (χ2v) is 21.3. The molecule has 14 rings (SSSR count). The van der Waals surface area contributed by atoms with Crippen molar-refractivity contribution in [2.45, 2.75) is 63.2 Å². The van der Waals surface area contributed by atoms with Crippen LogP contribution in [0.4, 0.5) is 0 Å². The summed E-state index contributed by atoms with van der Waals surface area (Å²) in [6.07, 6.45) is 3.60. The highest BCUT2D eigenvalue weighted by atomic mass is 15.7. The molecule has 310 valence electrons. The Morgan fingerprint density at radius 1 is 0.328 bits per heavy atom. The maximum atomic E-state index is 5.63. The Hall–Kier alpha value is -2.18. The fraction of sp³-hybridized carbons (Fsp3) is 0.773. The SMILES string of the molecule is c1cc(C[N+]23CCN4CCN5CCN(CC2)C3C54)nc(C[N+]23CCN4CC[N+]5(Cc6cccc(C[N+]78CCN9CCN%10CCN(CC7)C8C%109)n6)CCN(CC2)C5C43)c1. The van der Waals surface area contributed by atoms with E-state index in [9.17, 15) is 0 Å². The van der Waals surface area contributed by atoms with Gasteiger partial charge in [-0.2, -0.15) is 0 Å². The first-order valence-electron chi connectivity index (χ1n) is 23.7. The molecular weight excluding hydrogens is 725 g/mol. The molecule has 8 unspecified atom stereocenters. The third-order valence-corrected chi connectivity index (χ3v) is 19.0. The third kappa shape index (κ3) is 4.97. The molecule has 2 aromatic heterocycles. The van der Waals surface area contributed by atoms with Crippen molar-refractivity contribution in [3.63, 3.8) is 0 Å². The maximum absolute atomic E-state index is 5.63. The van der Waals surface area contributed by atoms with E-state index in [0.717, 1.165) is 26.2 Å². The van der Waals surface area contributed by atoms with Crippen molar-refractivity contribution < 1.29 is 17.9 Å². The summed E-state index contributed by atoms with van der Waals surface area (Å²) < 4.78 is 4.88. The highest BCUT2D eigenvalue weighted by molar-refractivity contribution is 5.13. The molecule has 8 atom stereocenters. The van der Waals surface area contributed by atoms with E-state index >= 15 is 0 Å². The summed E-state index contributed by atoms with van der Waals surface area (Å²) in [5, 5.41) is 0. The van der Waals surface area contributed by atoms with Crippen molar-refractivity contribution in [1.29, 1.82) is 0 Å². The van der Waals surface area contributed by atoms with Crippen LogP contribution in [0, 0.1) is 0 Å². The smallest absolute Gasteiger partial charge is 0.214 e. The van der Waals surface area contributed by atoms with Crippen molar-refractivity contribution >= 4 is 0 Å². The molecule has 14 heteroatoms. The van der Waals surface area contributed by atoms with Crippen LogP contribution in [-0.2, 0) is 26.2 Å². The van der Waals surface area contributed by atoms with Crippen LogP contribution in [0.15, 0.2) is 36.4 Å². The van der Waals surface area contributed by atoms with Crippen molar-refractivity contribution in [2.75, 3.05) is 157 Å². The maximum Gasteiger partial charge on any atom is 0.214 e. The zero-order chi connectivity index (χ0) is 37.8. The Kier molecular flexibility index (Phi) is 7.76. The fourth-order valence-corrected chi connectivity index (χ4v) is 16.4. The van der Waals surface area contributed by atoms with Gasteiger partial charge in [0.05, 0.1) is 114 Å². The summed E-state index contributed by atoms with van der Waals surface area (Å²) in [5.74, 6) is 0. The molecule has 0 bridgehead atoms. The quantitative estimate of drug-likeness (QED) is 0.311. The normalized spacial score (nSPS) is 45.0. The monoisotopic (exact) mass is 793 g/mol. The van der Waals surface area contributed by atoms with Gasteiger partial charge in [-0.3, -0.25) is 37.5 Å². The number of piperazine rings is 6. The Balaban J connectivity index is 0.718. The molecular formula is C44H68N14+4. The van der Waals surface area contributed by atoms with Gasteiger partial charge in [-0.1, -0.05) is 12.1 Å². The number of rotatable bonds is 8. The van der Waals surface area contributed by atoms with Crippen LogP contribution >= 0.6 is 0 Å². The van der Waals surface area contributed by atoms with Gasteiger partial charge in [0.15, 0.2) is 12.3 Å². The van der Waals surface area contributed by atoms with Gasteiger partial charge in [-0.05, 0) is 24.3 Å². The van der Waals surface area contributed by atoms with Crippen molar-refractivity contribution in [3.8, 4) is 0 Å². The molecule has 0 spiro atoms. The van der Waals surface area contributed by atoms with E-state index < -0.39 is 0 Å². The standard InChI is InChI=1S/C44H68N14/c1-3-35(31-55-23-15-49-9-7-47-11-13-51(17-25-55)41(55)39(47)49)45-37(5-1)33-57-27-19-53-22-30-58(28-20-54(21-29-57)44(58)43(53)57)34-38-6-2-4-36(46-38)32-56-24-16-50-10-8-48-12-14-52(18-26-56)42(56)40(48)50/h1-6,39-44H,7-34H2/q+4. The van der Waals surface area contributed by atoms with Gasteiger partial charge in [-0.25, -0.2) is 29.6 Å². The van der Waals surface area contributed by atoms with Crippen LogP contribution in [0.25, 0.3) is 0 Å². The summed E-state index contributed by atoms with van der Waals surface area (Å²) in [4.78, 5) is 34.0. The minimum absolute atomic E-state index is 0.558. The molecule has 58 heavy (non-hydrogen) atoms. The number of aromatic nitrogens is 2. The van der Waals surface area contributed by atoms with E-state index in [0.29, 0.717) is 37.0 Å². The van der Waals surface area contributed by atoms with Gasteiger partial charge in [0.1, 0.15) is 38.5 Å². The Morgan fingerprint density at radius 3 is 0.897 bits per heavy atom.